The van der Waals surface area contributed by atoms with E-state index in [1.165, 1.54) is 29.4 Å². The van der Waals surface area contributed by atoms with E-state index in [2.05, 4.69) is 4.98 Å². The van der Waals surface area contributed by atoms with Gasteiger partial charge in [-0.3, -0.25) is 13.9 Å². The van der Waals surface area contributed by atoms with Crippen molar-refractivity contribution in [2.45, 2.75) is 24.4 Å². The van der Waals surface area contributed by atoms with Crippen LogP contribution in [0.1, 0.15) is 16.7 Å². The van der Waals surface area contributed by atoms with Gasteiger partial charge in [0.2, 0.25) is 0 Å². The summed E-state index contributed by atoms with van der Waals surface area (Å²) in [6, 6.07) is 14.5. The lowest BCUT2D eigenvalue weighted by Crippen LogP contribution is -2.37. The third kappa shape index (κ3) is 3.47. The van der Waals surface area contributed by atoms with Crippen LogP contribution in [-0.4, -0.2) is 18.7 Å². The van der Waals surface area contributed by atoms with Gasteiger partial charge < -0.3 is 4.57 Å². The summed E-state index contributed by atoms with van der Waals surface area (Å²) in [4.78, 5) is 29.9. The van der Waals surface area contributed by atoms with E-state index in [1.807, 2.05) is 31.2 Å². The molecule has 0 N–H and O–H groups in total. The third-order valence-electron chi connectivity index (χ3n) is 5.22. The first-order valence-electron chi connectivity index (χ1n) is 9.45. The van der Waals surface area contributed by atoms with Gasteiger partial charge in [-0.05, 0) is 24.1 Å². The van der Waals surface area contributed by atoms with Crippen molar-refractivity contribution >= 4 is 22.9 Å². The van der Waals surface area contributed by atoms with Crippen LogP contribution in [0.2, 0.25) is 0 Å². The van der Waals surface area contributed by atoms with E-state index in [-0.39, 0.29) is 17.9 Å². The highest BCUT2D eigenvalue weighted by atomic mass is 32.2. The number of hydrogen-bond acceptors (Lipinski definition) is 4. The van der Waals surface area contributed by atoms with E-state index in [0.717, 1.165) is 15.7 Å². The van der Waals surface area contributed by atoms with Crippen LogP contribution < -0.4 is 11.2 Å². The minimum atomic E-state index is -0.446. The molecule has 0 unspecified atom stereocenters. The highest BCUT2D eigenvalue weighted by Gasteiger charge is 2.20. The van der Waals surface area contributed by atoms with Crippen molar-refractivity contribution in [2.75, 3.05) is 0 Å². The summed E-state index contributed by atoms with van der Waals surface area (Å²) in [6.07, 6.45) is 0. The molecular formula is C22H21FN4O2S. The van der Waals surface area contributed by atoms with Gasteiger partial charge in [-0.15, -0.1) is 0 Å². The Morgan fingerprint density at radius 1 is 0.967 bits per heavy atom. The van der Waals surface area contributed by atoms with Crippen molar-refractivity contribution < 1.29 is 4.39 Å². The average molecular weight is 425 g/mol. The molecule has 0 saturated heterocycles. The molecule has 4 rings (SSSR count). The molecule has 0 amide bonds. The van der Waals surface area contributed by atoms with E-state index in [9.17, 15) is 14.0 Å². The second kappa shape index (κ2) is 7.95. The molecule has 30 heavy (non-hydrogen) atoms. The van der Waals surface area contributed by atoms with Gasteiger partial charge in [0.05, 0.1) is 6.54 Å². The summed E-state index contributed by atoms with van der Waals surface area (Å²) in [6.45, 7) is 2.18. The molecule has 0 bridgehead atoms. The molecule has 2 aromatic heterocycles. The Balaban J connectivity index is 1.88. The number of fused-ring (bicyclic) bond motifs is 1. The van der Waals surface area contributed by atoms with E-state index in [1.54, 1.807) is 29.8 Å². The number of halogens is 1. The molecule has 0 saturated carbocycles. The number of nitrogens with zero attached hydrogens (tertiary/aromatic N) is 4. The van der Waals surface area contributed by atoms with Crippen molar-refractivity contribution in [1.29, 1.82) is 0 Å². The van der Waals surface area contributed by atoms with Crippen LogP contribution in [0.25, 0.3) is 11.2 Å². The Bertz CT molecular complexity index is 1370. The standard InChI is InChI=1S/C22H21FN4O2S/c1-14-8-4-5-10-16(14)13-30-21-24-19-18(20(28)26(3)22(29)25(19)2)27(21)12-15-9-6-7-11-17(15)23/h4-11H,12-13H2,1-3H3. The predicted molar refractivity (Wildman–Crippen MR) is 116 cm³/mol. The SMILES string of the molecule is Cc1ccccc1CSc1nc2c(c(=O)n(C)c(=O)n2C)n1Cc1ccccc1F. The maximum atomic E-state index is 14.4. The first-order valence-corrected chi connectivity index (χ1v) is 10.4. The van der Waals surface area contributed by atoms with Crippen molar-refractivity contribution in [1.82, 2.24) is 18.7 Å². The van der Waals surface area contributed by atoms with E-state index >= 15 is 0 Å². The molecule has 0 aliphatic heterocycles. The zero-order valence-electron chi connectivity index (χ0n) is 16.9. The quantitative estimate of drug-likeness (QED) is 0.462. The van der Waals surface area contributed by atoms with Crippen LogP contribution in [0, 0.1) is 12.7 Å². The van der Waals surface area contributed by atoms with E-state index in [4.69, 9.17) is 0 Å². The molecule has 0 aliphatic carbocycles. The Morgan fingerprint density at radius 2 is 1.63 bits per heavy atom. The van der Waals surface area contributed by atoms with Crippen molar-refractivity contribution in [3.05, 3.63) is 91.9 Å². The molecule has 0 fully saturated rings. The van der Waals surface area contributed by atoms with Crippen LogP contribution in [0.15, 0.2) is 63.3 Å². The Hall–Kier alpha value is -3.13. The van der Waals surface area contributed by atoms with Crippen LogP contribution in [0.5, 0.6) is 0 Å². The number of thioether (sulfide) groups is 1. The monoisotopic (exact) mass is 424 g/mol. The largest absolute Gasteiger partial charge is 0.332 e. The summed E-state index contributed by atoms with van der Waals surface area (Å²) < 4.78 is 18.5. The van der Waals surface area contributed by atoms with Gasteiger partial charge in [-0.25, -0.2) is 14.2 Å². The van der Waals surface area contributed by atoms with Crippen molar-refractivity contribution in [2.24, 2.45) is 14.1 Å². The van der Waals surface area contributed by atoms with Gasteiger partial charge in [-0.2, -0.15) is 0 Å². The van der Waals surface area contributed by atoms with Crippen LogP contribution in [0.3, 0.4) is 0 Å². The van der Waals surface area contributed by atoms with Gasteiger partial charge >= 0.3 is 5.69 Å². The fourth-order valence-corrected chi connectivity index (χ4v) is 4.47. The zero-order chi connectivity index (χ0) is 21.4. The van der Waals surface area contributed by atoms with Crippen LogP contribution in [-0.2, 0) is 26.4 Å². The highest BCUT2D eigenvalue weighted by Crippen LogP contribution is 2.27. The van der Waals surface area contributed by atoms with Crippen LogP contribution >= 0.6 is 11.8 Å². The summed E-state index contributed by atoms with van der Waals surface area (Å²) in [5.41, 5.74) is 2.45. The molecule has 0 atom stereocenters. The molecule has 4 aromatic rings. The normalized spacial score (nSPS) is 11.3. The van der Waals surface area contributed by atoms with Gasteiger partial charge in [0.15, 0.2) is 16.3 Å². The smallest absolute Gasteiger partial charge is 0.308 e. The Labute approximate surface area is 176 Å². The summed E-state index contributed by atoms with van der Waals surface area (Å²) in [7, 11) is 3.02. The number of rotatable bonds is 5. The van der Waals surface area contributed by atoms with Gasteiger partial charge in [0.1, 0.15) is 5.82 Å². The molecule has 2 heterocycles. The Kier molecular flexibility index (Phi) is 5.34. The lowest BCUT2D eigenvalue weighted by atomic mass is 10.1. The molecule has 0 spiro atoms. The molecule has 8 heteroatoms. The zero-order valence-corrected chi connectivity index (χ0v) is 17.7. The second-order valence-corrected chi connectivity index (χ2v) is 8.11. The second-order valence-electron chi connectivity index (χ2n) is 7.17. The van der Waals surface area contributed by atoms with Crippen molar-refractivity contribution in [3.63, 3.8) is 0 Å². The summed E-state index contributed by atoms with van der Waals surface area (Å²) in [5, 5.41) is 0.565. The average Bonchev–Trinajstić information content (AvgIpc) is 3.10. The number of hydrogen-bond donors (Lipinski definition) is 0. The van der Waals surface area contributed by atoms with E-state index in [0.29, 0.717) is 22.1 Å². The minimum absolute atomic E-state index is 0.146. The number of aryl methyl sites for hydroxylation is 2. The molecule has 0 radical (unpaired) electrons. The minimum Gasteiger partial charge on any atom is -0.308 e. The first kappa shape index (κ1) is 20.2. The number of aromatic nitrogens is 4. The summed E-state index contributed by atoms with van der Waals surface area (Å²) in [5.74, 6) is 0.289. The lowest BCUT2D eigenvalue weighted by Gasteiger charge is -2.11. The fraction of sp³-hybridized carbons (Fsp3) is 0.227. The Morgan fingerprint density at radius 3 is 2.33 bits per heavy atom. The topological polar surface area (TPSA) is 61.8 Å². The van der Waals surface area contributed by atoms with Crippen molar-refractivity contribution in [3.8, 4) is 0 Å². The summed E-state index contributed by atoms with van der Waals surface area (Å²) >= 11 is 1.46. The molecule has 2 aromatic carbocycles. The lowest BCUT2D eigenvalue weighted by molar-refractivity contribution is 0.593. The fourth-order valence-electron chi connectivity index (χ4n) is 3.39. The maximum Gasteiger partial charge on any atom is 0.332 e. The number of benzene rings is 2. The van der Waals surface area contributed by atoms with Gasteiger partial charge in [0, 0.05) is 25.4 Å². The van der Waals surface area contributed by atoms with Gasteiger partial charge in [-0.1, -0.05) is 54.2 Å². The first-order chi connectivity index (χ1) is 14.4. The molecule has 6 nitrogen and oxygen atoms in total. The third-order valence-corrected chi connectivity index (χ3v) is 6.24. The number of imidazole rings is 1. The highest BCUT2D eigenvalue weighted by molar-refractivity contribution is 7.98. The molecule has 0 aliphatic rings. The predicted octanol–water partition coefficient (Wildman–Crippen LogP) is 3.22. The van der Waals surface area contributed by atoms with Gasteiger partial charge in [0.25, 0.3) is 5.56 Å². The van der Waals surface area contributed by atoms with Crippen LogP contribution in [0.4, 0.5) is 4.39 Å². The molecule has 154 valence electrons. The molecular weight excluding hydrogens is 403 g/mol. The van der Waals surface area contributed by atoms with E-state index < -0.39 is 11.2 Å². The maximum absolute atomic E-state index is 14.4.